The molecule has 4 saturated carbocycles. The van der Waals surface area contributed by atoms with Crippen molar-refractivity contribution in [1.29, 1.82) is 0 Å². The Kier molecular flexibility index (Phi) is 7.66. The molecule has 0 spiro atoms. The van der Waals surface area contributed by atoms with Crippen molar-refractivity contribution in [2.75, 3.05) is 20.6 Å². The molecule has 0 aromatic carbocycles. The van der Waals surface area contributed by atoms with Crippen LogP contribution in [0.2, 0.25) is 0 Å². The smallest absolute Gasteiger partial charge is 0.347 e. The van der Waals surface area contributed by atoms with Gasteiger partial charge in [0.2, 0.25) is 5.91 Å². The van der Waals surface area contributed by atoms with E-state index in [1.807, 2.05) is 6.92 Å². The van der Waals surface area contributed by atoms with Crippen LogP contribution in [-0.2, 0) is 14.4 Å². The second-order valence-corrected chi connectivity index (χ2v) is 13.8. The van der Waals surface area contributed by atoms with E-state index in [9.17, 15) is 14.4 Å². The van der Waals surface area contributed by atoms with E-state index in [2.05, 4.69) is 29.6 Å². The lowest BCUT2D eigenvalue weighted by atomic mass is 9.44. The summed E-state index contributed by atoms with van der Waals surface area (Å²) in [6, 6.07) is -0.122. The van der Waals surface area contributed by atoms with Crippen molar-refractivity contribution in [3.63, 3.8) is 0 Å². The van der Waals surface area contributed by atoms with Crippen molar-refractivity contribution in [3.05, 3.63) is 0 Å². The van der Waals surface area contributed by atoms with Gasteiger partial charge in [-0.15, -0.1) is 0 Å². The summed E-state index contributed by atoms with van der Waals surface area (Å²) >= 11 is 0. The average molecular weight is 529 g/mol. The second-order valence-electron chi connectivity index (χ2n) is 13.8. The molecule has 5 rings (SSSR count). The van der Waals surface area contributed by atoms with Gasteiger partial charge < -0.3 is 15.5 Å². The Bertz CT molecular complexity index is 981. The minimum absolute atomic E-state index is 0.0606. The lowest BCUT2D eigenvalue weighted by Gasteiger charge is -2.60. The highest BCUT2D eigenvalue weighted by atomic mass is 16.7. The predicted molar refractivity (Wildman–Crippen MR) is 146 cm³/mol. The average Bonchev–Trinajstić information content (AvgIpc) is 3.50. The molecular formula is C30H48N4O4. The summed E-state index contributed by atoms with van der Waals surface area (Å²) in [5, 5.41) is 10.5. The highest BCUT2D eigenvalue weighted by Crippen LogP contribution is 2.67. The number of rotatable bonds is 5. The monoisotopic (exact) mass is 528 g/mol. The van der Waals surface area contributed by atoms with E-state index in [4.69, 9.17) is 4.84 Å². The molecule has 1 heterocycles. The molecule has 2 unspecified atom stereocenters. The summed E-state index contributed by atoms with van der Waals surface area (Å²) in [5.74, 6) is 3.64. The van der Waals surface area contributed by atoms with Crippen LogP contribution in [0.25, 0.3) is 0 Å². The third kappa shape index (κ3) is 4.90. The number of Topliss-reactive ketones (excluding diaryl/α,β-unsaturated/α-hetero) is 1. The Balaban J connectivity index is 1.15. The molecule has 0 aromatic rings. The number of nitrogens with zero attached hydrogens (tertiary/aromatic N) is 2. The molecule has 9 atom stereocenters. The number of likely N-dealkylation sites (N-methyl/N-ethyl adjacent to an activating group) is 1. The fourth-order valence-electron chi connectivity index (χ4n) is 9.63. The van der Waals surface area contributed by atoms with Crippen molar-refractivity contribution in [3.8, 4) is 0 Å². The number of amides is 2. The number of fused-ring (bicyclic) bond motifs is 5. The van der Waals surface area contributed by atoms with Crippen LogP contribution in [0.1, 0.15) is 91.4 Å². The summed E-state index contributed by atoms with van der Waals surface area (Å²) in [4.78, 5) is 43.7. The third-order valence-electron chi connectivity index (χ3n) is 11.7. The van der Waals surface area contributed by atoms with E-state index < -0.39 is 6.09 Å². The maximum absolute atomic E-state index is 12.4. The van der Waals surface area contributed by atoms with Crippen molar-refractivity contribution in [2.45, 2.75) is 103 Å². The quantitative estimate of drug-likeness (QED) is 0.310. The van der Waals surface area contributed by atoms with Crippen molar-refractivity contribution >= 4 is 23.5 Å². The minimum Gasteiger partial charge on any atom is -0.347 e. The van der Waals surface area contributed by atoms with Crippen molar-refractivity contribution in [1.82, 2.24) is 15.5 Å². The molecule has 8 nitrogen and oxygen atoms in total. The molecule has 5 fully saturated rings. The van der Waals surface area contributed by atoms with Crippen LogP contribution in [0.5, 0.6) is 0 Å². The SMILES string of the molecule is C/C(=N\OC(=O)NCC1CCC(C(=O)N(C)C)N1)[C@H]1CC[C@H]2[C@@H]3CC[C@H]4CC(=O)CC[C@]4(C)[C@H]3CC[C@]12C. The van der Waals surface area contributed by atoms with Gasteiger partial charge in [0, 0.05) is 45.4 Å². The van der Waals surface area contributed by atoms with Gasteiger partial charge in [0.05, 0.1) is 11.8 Å². The van der Waals surface area contributed by atoms with Gasteiger partial charge in [-0.2, -0.15) is 0 Å². The van der Waals surface area contributed by atoms with Gasteiger partial charge in [0.15, 0.2) is 0 Å². The number of ketones is 1. The van der Waals surface area contributed by atoms with Gasteiger partial charge in [-0.25, -0.2) is 4.79 Å². The Labute approximate surface area is 228 Å². The molecule has 0 radical (unpaired) electrons. The number of carbonyl (C=O) groups is 3. The van der Waals surface area contributed by atoms with Gasteiger partial charge in [-0.1, -0.05) is 19.0 Å². The minimum atomic E-state index is -0.532. The van der Waals surface area contributed by atoms with E-state index in [0.29, 0.717) is 35.5 Å². The molecule has 0 bridgehead atoms. The number of hydrogen-bond donors (Lipinski definition) is 2. The second kappa shape index (κ2) is 10.5. The first-order valence-electron chi connectivity index (χ1n) is 15.0. The zero-order valence-electron chi connectivity index (χ0n) is 24.1. The Hall–Kier alpha value is -1.96. The molecule has 38 heavy (non-hydrogen) atoms. The van der Waals surface area contributed by atoms with Crippen LogP contribution in [0.4, 0.5) is 4.79 Å². The lowest BCUT2D eigenvalue weighted by molar-refractivity contribution is -0.138. The van der Waals surface area contributed by atoms with E-state index in [0.717, 1.165) is 56.1 Å². The number of nitrogens with one attached hydrogen (secondary N) is 2. The third-order valence-corrected chi connectivity index (χ3v) is 11.7. The number of carbonyl (C=O) groups excluding carboxylic acids is 3. The van der Waals surface area contributed by atoms with E-state index in [1.165, 1.54) is 32.1 Å². The Morgan fingerprint density at radius 2 is 1.79 bits per heavy atom. The van der Waals surface area contributed by atoms with Gasteiger partial charge >= 0.3 is 6.09 Å². The largest absolute Gasteiger partial charge is 0.433 e. The maximum atomic E-state index is 12.4. The zero-order valence-corrected chi connectivity index (χ0v) is 24.1. The Morgan fingerprint density at radius 3 is 2.55 bits per heavy atom. The highest BCUT2D eigenvalue weighted by molar-refractivity contribution is 5.86. The van der Waals surface area contributed by atoms with Crippen LogP contribution in [0.3, 0.4) is 0 Å². The van der Waals surface area contributed by atoms with Crippen LogP contribution >= 0.6 is 0 Å². The van der Waals surface area contributed by atoms with E-state index in [-0.39, 0.29) is 23.4 Å². The van der Waals surface area contributed by atoms with Crippen molar-refractivity contribution in [2.24, 2.45) is 45.6 Å². The molecule has 0 aromatic heterocycles. The zero-order chi connectivity index (χ0) is 27.2. The van der Waals surface area contributed by atoms with E-state index >= 15 is 0 Å². The standard InChI is InChI=1S/C30H48N4O4/c1-18(33-38-28(37)31-17-20-7-11-26(32-20)27(36)34(4)5)23-9-10-24-22-8-6-19-16-21(35)12-14-29(19,2)25(22)13-15-30(23,24)3/h19-20,22-26,32H,6-17H2,1-5H3,(H,31,37)/b33-18+/t19-,20?,22-,23+,24-,25-,26?,29-,30+/m0/s1. The maximum Gasteiger partial charge on any atom is 0.433 e. The van der Waals surface area contributed by atoms with Crippen LogP contribution in [0.15, 0.2) is 5.16 Å². The summed E-state index contributed by atoms with van der Waals surface area (Å²) in [7, 11) is 3.52. The lowest BCUT2D eigenvalue weighted by Crippen LogP contribution is -2.53. The van der Waals surface area contributed by atoms with Crippen molar-refractivity contribution < 1.29 is 19.2 Å². The summed E-state index contributed by atoms with van der Waals surface area (Å²) in [6.45, 7) is 7.40. The van der Waals surface area contributed by atoms with Crippen LogP contribution in [-0.4, -0.2) is 61.1 Å². The summed E-state index contributed by atoms with van der Waals surface area (Å²) in [5.41, 5.74) is 1.46. The molecule has 4 aliphatic carbocycles. The first-order chi connectivity index (χ1) is 18.0. The van der Waals surface area contributed by atoms with E-state index in [1.54, 1.807) is 19.0 Å². The fourth-order valence-corrected chi connectivity index (χ4v) is 9.63. The molecular weight excluding hydrogens is 480 g/mol. The van der Waals surface area contributed by atoms with Crippen LogP contribution < -0.4 is 10.6 Å². The topological polar surface area (TPSA) is 100 Å². The predicted octanol–water partition coefficient (Wildman–Crippen LogP) is 4.53. The normalized spacial score (nSPS) is 42.6. The number of hydrogen-bond acceptors (Lipinski definition) is 6. The first-order valence-corrected chi connectivity index (χ1v) is 15.0. The highest BCUT2D eigenvalue weighted by Gasteiger charge is 2.60. The van der Waals surface area contributed by atoms with Gasteiger partial charge in [-0.05, 0) is 99.2 Å². The van der Waals surface area contributed by atoms with Gasteiger partial charge in [-0.3, -0.25) is 14.4 Å². The summed E-state index contributed by atoms with van der Waals surface area (Å²) < 4.78 is 0. The number of oxime groups is 1. The first kappa shape index (κ1) is 27.6. The fraction of sp³-hybridized carbons (Fsp3) is 0.867. The molecule has 2 N–H and O–H groups in total. The Morgan fingerprint density at radius 1 is 1.03 bits per heavy atom. The molecule has 2 amide bonds. The van der Waals surface area contributed by atoms with Gasteiger partial charge in [0.1, 0.15) is 5.78 Å². The molecule has 1 saturated heterocycles. The molecule has 1 aliphatic heterocycles. The molecule has 212 valence electrons. The molecule has 8 heteroatoms. The van der Waals surface area contributed by atoms with Crippen LogP contribution in [0, 0.1) is 40.4 Å². The van der Waals surface area contributed by atoms with Gasteiger partial charge in [0.25, 0.3) is 0 Å². The molecule has 5 aliphatic rings. The summed E-state index contributed by atoms with van der Waals surface area (Å²) in [6.07, 6.45) is 11.0.